The summed E-state index contributed by atoms with van der Waals surface area (Å²) in [5.74, 6) is 2.36. The molecule has 4 aliphatic rings. The van der Waals surface area contributed by atoms with Crippen molar-refractivity contribution < 1.29 is 53.8 Å². The zero-order valence-corrected chi connectivity index (χ0v) is 85.3. The second kappa shape index (κ2) is 45.6. The van der Waals surface area contributed by atoms with Crippen LogP contribution >= 0.6 is 22.6 Å². The van der Waals surface area contributed by atoms with E-state index in [4.69, 9.17) is 9.47 Å². The molecule has 4 aliphatic carbocycles. The molecule has 1 unspecified atom stereocenters. The van der Waals surface area contributed by atoms with E-state index in [0.29, 0.717) is 27.2 Å². The average Bonchev–Trinajstić information content (AvgIpc) is 0.730. The Balaban J connectivity index is 0.000000139. The van der Waals surface area contributed by atoms with Crippen molar-refractivity contribution in [2.24, 2.45) is 23.7 Å². The van der Waals surface area contributed by atoms with Crippen LogP contribution in [-0.4, -0.2) is 18.2 Å². The molecular formula is C119H115F9IO3S5+5. The van der Waals surface area contributed by atoms with Gasteiger partial charge in [-0.2, -0.15) is 26.3 Å². The summed E-state index contributed by atoms with van der Waals surface area (Å²) in [5.41, 5.74) is 6.13. The molecular weight excluding hydrogens is 1940 g/mol. The molecule has 0 radical (unpaired) electrons. The molecule has 1 atom stereocenters. The summed E-state index contributed by atoms with van der Waals surface area (Å²) in [5, 5.41) is 0. The predicted molar refractivity (Wildman–Crippen MR) is 553 cm³/mol. The summed E-state index contributed by atoms with van der Waals surface area (Å²) in [6.45, 7) is 25.6. The third kappa shape index (κ3) is 26.7. The Hall–Kier alpha value is -10.6. The fraction of sp³-hybridized carbons (Fsp3) is 0.235. The number of hydrogen-bond donors (Lipinski definition) is 0. The molecule has 0 heterocycles. The summed E-state index contributed by atoms with van der Waals surface area (Å²) in [6.07, 6.45) is -1.62. The van der Waals surface area contributed by atoms with Crippen molar-refractivity contribution in [2.45, 2.75) is 224 Å². The summed E-state index contributed by atoms with van der Waals surface area (Å²) in [4.78, 5) is 29.4. The molecule has 137 heavy (non-hydrogen) atoms. The van der Waals surface area contributed by atoms with Crippen molar-refractivity contribution in [2.75, 3.05) is 6.61 Å². The van der Waals surface area contributed by atoms with Gasteiger partial charge < -0.3 is 9.47 Å². The van der Waals surface area contributed by atoms with Crippen LogP contribution in [-0.2, 0) is 93.6 Å². The largest absolute Gasteiger partial charge is 0.481 e. The SMILES string of the molecule is CCc1ccc([S+](c2ccc(C(C)(C)C)cc2)c2ccc(C(C)(C)C)cc2)cc1.Cc1cc([S+](c2ccccc2)c2ccccc2)cc(C)c1OCC(=O)OC1(C)C2CC3CC(C2)CC1C3.Cc1ccc([S+](c2ccc(C(F)(F)F)cc2)c2cc(C)cc(C(F)(F)F)c2)cc1.Fc1ccc([S+](c2ccc(F)cc2)c2ccc(F)cc2)cc1.Ic1ccc([S+](c2ccccc2)c2ccccc2)cc1. The van der Waals surface area contributed by atoms with Crippen molar-refractivity contribution >= 4 is 83.0 Å². The van der Waals surface area contributed by atoms with E-state index in [9.17, 15) is 44.3 Å². The molecule has 0 spiro atoms. The minimum Gasteiger partial charge on any atom is -0.481 e. The van der Waals surface area contributed by atoms with Crippen LogP contribution in [0.2, 0.25) is 0 Å². The lowest BCUT2D eigenvalue weighted by molar-refractivity contribution is -0.204. The van der Waals surface area contributed by atoms with E-state index in [1.54, 1.807) is 61.5 Å². The molecule has 3 nitrogen and oxygen atoms in total. The van der Waals surface area contributed by atoms with Crippen molar-refractivity contribution in [1.29, 1.82) is 0 Å². The first-order chi connectivity index (χ1) is 65.4. The standard InChI is InChI=1S/C33H37O3S.C28H35S.C22H17F6S.C18H12F3S.C18H14IS/c1-22-14-30(37(28-10-6-4-7-11-28)29-12-8-5-9-13-29)15-23(2)32(22)35-21-31(34)36-33(3)26-17-24-16-25(19-26)20-27(33)18-24;1-8-21-9-15-24(16-10-21)29(25-17-11-22(12-18-25)27(2,3)4)26-19-13-23(14-20-26)28(5,6)7;1-14-3-7-18(8-4-14)29(19-9-5-16(6-10-19)21(23,24)25)20-12-15(2)11-17(13-20)22(26,27)28;19-13-1-7-16(8-2-13)22(17-9-3-14(20)4-10-17)18-11-5-15(21)6-12-18;19-15-11-13-18(14-12-15)20(16-7-3-1-4-8-16)17-9-5-2-6-10-17/h4-15,24-27H,16-21H2,1-3H3;9-20H,8H2,1-7H3;3-13H,1-2H3;1-12H;1-14H/q5*+1. The van der Waals surface area contributed by atoms with E-state index in [2.05, 4.69) is 322 Å². The van der Waals surface area contributed by atoms with E-state index in [-0.39, 0.29) is 79.1 Å². The number of esters is 1. The predicted octanol–water partition coefficient (Wildman–Crippen LogP) is 33.5. The Bertz CT molecular complexity index is 6130. The van der Waals surface area contributed by atoms with Gasteiger partial charge in [-0.25, -0.2) is 18.0 Å². The number of rotatable bonds is 20. The average molecular weight is 2050 g/mol. The highest BCUT2D eigenvalue weighted by molar-refractivity contribution is 14.1. The highest BCUT2D eigenvalue weighted by Gasteiger charge is 2.57. The minimum absolute atomic E-state index is 0.0262. The number of alkyl halides is 6. The molecule has 4 saturated carbocycles. The van der Waals surface area contributed by atoms with Gasteiger partial charge in [-0.3, -0.25) is 0 Å². The first kappa shape index (κ1) is 102. The van der Waals surface area contributed by atoms with Crippen molar-refractivity contribution in [3.05, 3.63) is 441 Å². The van der Waals surface area contributed by atoms with Gasteiger partial charge in [-0.05, 0) is 394 Å². The Kier molecular flexibility index (Phi) is 34.0. The molecule has 0 amide bonds. The minimum atomic E-state index is -4.51. The Morgan fingerprint density at radius 1 is 0.328 bits per heavy atom. The molecule has 0 saturated heterocycles. The van der Waals surface area contributed by atoms with E-state index in [1.807, 2.05) is 19.1 Å². The summed E-state index contributed by atoms with van der Waals surface area (Å²) in [7, 11) is -1.86. The van der Waals surface area contributed by atoms with Crippen LogP contribution < -0.4 is 4.74 Å². The van der Waals surface area contributed by atoms with Crippen molar-refractivity contribution in [1.82, 2.24) is 0 Å². The topological polar surface area (TPSA) is 35.5 Å². The molecule has 15 aromatic rings. The molecule has 704 valence electrons. The van der Waals surface area contributed by atoms with E-state index >= 15 is 0 Å². The first-order valence-electron chi connectivity index (χ1n) is 46.1. The van der Waals surface area contributed by atoms with E-state index < -0.39 is 45.3 Å². The second-order valence-electron chi connectivity index (χ2n) is 37.1. The number of ether oxygens (including phenoxy) is 2. The number of benzene rings is 15. The van der Waals surface area contributed by atoms with Gasteiger partial charge in [0.2, 0.25) is 0 Å². The van der Waals surface area contributed by atoms with E-state index in [1.165, 1.54) is 145 Å². The maximum atomic E-state index is 13.3. The molecule has 18 heteroatoms. The zero-order chi connectivity index (χ0) is 97.5. The molecule has 4 fully saturated rings. The molecule has 19 rings (SSSR count). The normalized spacial score (nSPS) is 16.3. The first-order valence-corrected chi connectivity index (χ1v) is 53.3. The monoisotopic (exact) mass is 2050 g/mol. The molecule has 0 aromatic heterocycles. The van der Waals surface area contributed by atoms with Crippen molar-refractivity contribution in [3.8, 4) is 5.75 Å². The van der Waals surface area contributed by atoms with Crippen LogP contribution in [0, 0.1) is 72.4 Å². The van der Waals surface area contributed by atoms with Crippen molar-refractivity contribution in [3.63, 3.8) is 0 Å². The van der Waals surface area contributed by atoms with Gasteiger partial charge in [0.25, 0.3) is 0 Å². The van der Waals surface area contributed by atoms with Crippen LogP contribution in [0.5, 0.6) is 5.75 Å². The third-order valence-electron chi connectivity index (χ3n) is 25.0. The van der Waals surface area contributed by atoms with Crippen LogP contribution in [0.25, 0.3) is 0 Å². The molecule has 15 aromatic carbocycles. The second-order valence-corrected chi connectivity index (χ2v) is 48.5. The molecule has 0 aliphatic heterocycles. The Morgan fingerprint density at radius 2 is 0.606 bits per heavy atom. The maximum absolute atomic E-state index is 13.3. The fourth-order valence-corrected chi connectivity index (χ4v) is 29.0. The van der Waals surface area contributed by atoms with E-state index in [0.717, 1.165) is 84.5 Å². The number of hydrogen-bond acceptors (Lipinski definition) is 3. The molecule has 4 bridgehead atoms. The van der Waals surface area contributed by atoms with Crippen LogP contribution in [0.15, 0.2) is 443 Å². The highest BCUT2D eigenvalue weighted by atomic mass is 127. The number of halogens is 10. The van der Waals surface area contributed by atoms with Crippen LogP contribution in [0.3, 0.4) is 0 Å². The van der Waals surface area contributed by atoms with Gasteiger partial charge in [0.05, 0.1) is 65.6 Å². The van der Waals surface area contributed by atoms with Gasteiger partial charge in [0.15, 0.2) is 80.0 Å². The zero-order valence-electron chi connectivity index (χ0n) is 79.0. The lowest BCUT2D eigenvalue weighted by atomic mass is 9.50. The van der Waals surface area contributed by atoms with Gasteiger partial charge in [-0.1, -0.05) is 175 Å². The summed E-state index contributed by atoms with van der Waals surface area (Å²) < 4.78 is 132. The highest BCUT2D eigenvalue weighted by Crippen LogP contribution is 2.60. The Labute approximate surface area is 830 Å². The maximum Gasteiger partial charge on any atom is 0.416 e. The van der Waals surface area contributed by atoms with Gasteiger partial charge >= 0.3 is 18.3 Å². The quantitative estimate of drug-likeness (QED) is 0.0330. The van der Waals surface area contributed by atoms with Crippen LogP contribution in [0.4, 0.5) is 39.5 Å². The third-order valence-corrected chi connectivity index (χ3v) is 36.8. The Morgan fingerprint density at radius 3 is 0.920 bits per heavy atom. The number of carbonyl (C=O) groups excluding carboxylic acids is 1. The van der Waals surface area contributed by atoms with Gasteiger partial charge in [-0.15, -0.1) is 0 Å². The van der Waals surface area contributed by atoms with Gasteiger partial charge in [0.1, 0.15) is 28.8 Å². The summed E-state index contributed by atoms with van der Waals surface area (Å²) in [6, 6.07) is 118. The molecule has 0 N–H and O–H groups in total. The lowest BCUT2D eigenvalue weighted by Crippen LogP contribution is -2.58. The smallest absolute Gasteiger partial charge is 0.416 e. The number of carbonyl (C=O) groups is 1. The van der Waals surface area contributed by atoms with Gasteiger partial charge in [0, 0.05) is 21.8 Å². The fourth-order valence-electron chi connectivity index (χ4n) is 18.0. The number of aryl methyl sites for hydroxylation is 5. The van der Waals surface area contributed by atoms with Crippen LogP contribution in [0.1, 0.15) is 138 Å². The lowest BCUT2D eigenvalue weighted by Gasteiger charge is -2.59. The summed E-state index contributed by atoms with van der Waals surface area (Å²) >= 11 is 2.35.